The summed E-state index contributed by atoms with van der Waals surface area (Å²) < 4.78 is 1.02. The highest BCUT2D eigenvalue weighted by Gasteiger charge is 2.05. The van der Waals surface area contributed by atoms with Crippen LogP contribution in [0.15, 0.2) is 34.8 Å². The van der Waals surface area contributed by atoms with Crippen LogP contribution in [0, 0.1) is 13.8 Å². The normalized spacial score (nSPS) is 10.3. The average Bonchev–Trinajstić information content (AvgIpc) is 2.16. The number of hydrogen-bond acceptors (Lipinski definition) is 2. The number of nitrogens with zero attached hydrogens (tertiary/aromatic N) is 2. The molecule has 3 heteroatoms. The van der Waals surface area contributed by atoms with Crippen molar-refractivity contribution in [2.24, 2.45) is 0 Å². The van der Waals surface area contributed by atoms with Crippen LogP contribution in [0.25, 0.3) is 11.4 Å². The van der Waals surface area contributed by atoms with Gasteiger partial charge in [0, 0.05) is 21.4 Å². The maximum absolute atomic E-state index is 4.42. The molecule has 0 fully saturated rings. The minimum absolute atomic E-state index is 0.778. The summed E-state index contributed by atoms with van der Waals surface area (Å²) in [6.45, 7) is 3.96. The molecule has 0 spiro atoms. The van der Waals surface area contributed by atoms with Gasteiger partial charge in [-0.15, -0.1) is 0 Å². The topological polar surface area (TPSA) is 25.8 Å². The van der Waals surface area contributed by atoms with E-state index in [4.69, 9.17) is 0 Å². The molecule has 0 saturated heterocycles. The van der Waals surface area contributed by atoms with E-state index in [-0.39, 0.29) is 0 Å². The maximum atomic E-state index is 4.42. The Kier molecular flexibility index (Phi) is 2.82. The van der Waals surface area contributed by atoms with Gasteiger partial charge in [0.2, 0.25) is 0 Å². The minimum atomic E-state index is 0.778. The lowest BCUT2D eigenvalue weighted by Gasteiger charge is -2.04. The van der Waals surface area contributed by atoms with Crippen molar-refractivity contribution >= 4 is 15.9 Å². The molecule has 76 valence electrons. The molecule has 1 aromatic heterocycles. The van der Waals surface area contributed by atoms with E-state index >= 15 is 0 Å². The zero-order chi connectivity index (χ0) is 10.8. The molecule has 0 atom stereocenters. The van der Waals surface area contributed by atoms with Crippen molar-refractivity contribution in [1.82, 2.24) is 9.97 Å². The summed E-state index contributed by atoms with van der Waals surface area (Å²) in [5.41, 5.74) is 3.02. The van der Waals surface area contributed by atoms with Gasteiger partial charge in [-0.1, -0.05) is 34.1 Å². The third-order valence-corrected chi connectivity index (χ3v) is 2.79. The van der Waals surface area contributed by atoms with E-state index in [0.29, 0.717) is 0 Å². The van der Waals surface area contributed by atoms with Crippen molar-refractivity contribution in [3.63, 3.8) is 0 Å². The molecule has 1 heterocycles. The first-order chi connectivity index (χ1) is 7.16. The molecule has 1 aromatic carbocycles. The SMILES string of the molecule is Cc1cc(C)nc(-c2ccccc2Br)n1. The fourth-order valence-corrected chi connectivity index (χ4v) is 1.95. The van der Waals surface area contributed by atoms with E-state index in [1.165, 1.54) is 0 Å². The Labute approximate surface area is 97.5 Å². The van der Waals surface area contributed by atoms with Crippen LogP contribution >= 0.6 is 15.9 Å². The van der Waals surface area contributed by atoms with E-state index in [1.54, 1.807) is 0 Å². The van der Waals surface area contributed by atoms with Gasteiger partial charge in [0.05, 0.1) is 0 Å². The van der Waals surface area contributed by atoms with Crippen molar-refractivity contribution in [2.75, 3.05) is 0 Å². The fourth-order valence-electron chi connectivity index (χ4n) is 1.49. The molecular weight excluding hydrogens is 252 g/mol. The Morgan fingerprint density at radius 1 is 1.00 bits per heavy atom. The van der Waals surface area contributed by atoms with E-state index in [1.807, 2.05) is 44.2 Å². The lowest BCUT2D eigenvalue weighted by atomic mass is 10.2. The van der Waals surface area contributed by atoms with Crippen LogP contribution in [0.4, 0.5) is 0 Å². The Bertz CT molecular complexity index is 474. The zero-order valence-corrected chi connectivity index (χ0v) is 10.2. The summed E-state index contributed by atoms with van der Waals surface area (Å²) in [4.78, 5) is 8.85. The number of hydrogen-bond donors (Lipinski definition) is 0. The predicted molar refractivity (Wildman–Crippen MR) is 64.6 cm³/mol. The quantitative estimate of drug-likeness (QED) is 0.786. The second kappa shape index (κ2) is 4.11. The second-order valence-electron chi connectivity index (χ2n) is 3.45. The molecule has 0 bridgehead atoms. The molecule has 0 radical (unpaired) electrons. The molecule has 2 rings (SSSR count). The molecule has 0 aliphatic heterocycles. The monoisotopic (exact) mass is 262 g/mol. The lowest BCUT2D eigenvalue weighted by Crippen LogP contribution is -1.94. The van der Waals surface area contributed by atoms with Gasteiger partial charge in [-0.2, -0.15) is 0 Å². The highest BCUT2D eigenvalue weighted by Crippen LogP contribution is 2.25. The summed E-state index contributed by atoms with van der Waals surface area (Å²) in [7, 11) is 0. The first-order valence-corrected chi connectivity index (χ1v) is 5.53. The maximum Gasteiger partial charge on any atom is 0.160 e. The molecule has 2 aromatic rings. The van der Waals surface area contributed by atoms with Crippen LogP contribution in [0.2, 0.25) is 0 Å². The molecule has 0 saturated carbocycles. The summed E-state index contributed by atoms with van der Waals surface area (Å²) in [5.74, 6) is 0.778. The van der Waals surface area contributed by atoms with Crippen LogP contribution in [-0.2, 0) is 0 Å². The van der Waals surface area contributed by atoms with Crippen molar-refractivity contribution < 1.29 is 0 Å². The van der Waals surface area contributed by atoms with Gasteiger partial charge < -0.3 is 0 Å². The van der Waals surface area contributed by atoms with Crippen LogP contribution in [0.5, 0.6) is 0 Å². The first-order valence-electron chi connectivity index (χ1n) is 4.74. The highest BCUT2D eigenvalue weighted by atomic mass is 79.9. The Morgan fingerprint density at radius 2 is 1.60 bits per heavy atom. The standard InChI is InChI=1S/C12H11BrN2/c1-8-7-9(2)15-12(14-8)10-5-3-4-6-11(10)13/h3-7H,1-2H3. The van der Waals surface area contributed by atoms with E-state index < -0.39 is 0 Å². The second-order valence-corrected chi connectivity index (χ2v) is 4.31. The van der Waals surface area contributed by atoms with Gasteiger partial charge in [-0.25, -0.2) is 9.97 Å². The summed E-state index contributed by atoms with van der Waals surface area (Å²) in [5, 5.41) is 0. The van der Waals surface area contributed by atoms with Crippen molar-refractivity contribution in [1.29, 1.82) is 0 Å². The van der Waals surface area contributed by atoms with Gasteiger partial charge >= 0.3 is 0 Å². The number of halogens is 1. The molecule has 0 aliphatic carbocycles. The lowest BCUT2D eigenvalue weighted by molar-refractivity contribution is 1.06. The summed E-state index contributed by atoms with van der Waals surface area (Å²) in [6.07, 6.45) is 0. The van der Waals surface area contributed by atoms with E-state index in [2.05, 4.69) is 25.9 Å². The van der Waals surface area contributed by atoms with Crippen LogP contribution in [0.1, 0.15) is 11.4 Å². The Balaban J connectivity index is 2.59. The third kappa shape index (κ3) is 2.23. The van der Waals surface area contributed by atoms with E-state index in [9.17, 15) is 0 Å². The molecular formula is C12H11BrN2. The van der Waals surface area contributed by atoms with Crippen LogP contribution in [-0.4, -0.2) is 9.97 Å². The number of rotatable bonds is 1. The van der Waals surface area contributed by atoms with Crippen molar-refractivity contribution in [2.45, 2.75) is 13.8 Å². The Hall–Kier alpha value is -1.22. The van der Waals surface area contributed by atoms with Gasteiger partial charge in [0.1, 0.15) is 0 Å². The smallest absolute Gasteiger partial charge is 0.160 e. The van der Waals surface area contributed by atoms with Gasteiger partial charge in [-0.05, 0) is 26.0 Å². The molecule has 0 amide bonds. The van der Waals surface area contributed by atoms with Crippen molar-refractivity contribution in [3.05, 3.63) is 46.2 Å². The first kappa shape index (κ1) is 10.3. The van der Waals surface area contributed by atoms with Crippen molar-refractivity contribution in [3.8, 4) is 11.4 Å². The molecule has 0 unspecified atom stereocenters. The number of aryl methyl sites for hydroxylation is 2. The summed E-state index contributed by atoms with van der Waals surface area (Å²) >= 11 is 3.50. The van der Waals surface area contributed by atoms with Crippen LogP contribution < -0.4 is 0 Å². The minimum Gasteiger partial charge on any atom is -0.233 e. The number of benzene rings is 1. The predicted octanol–water partition coefficient (Wildman–Crippen LogP) is 3.52. The van der Waals surface area contributed by atoms with Gasteiger partial charge in [-0.3, -0.25) is 0 Å². The van der Waals surface area contributed by atoms with E-state index in [0.717, 1.165) is 27.2 Å². The molecule has 0 aliphatic rings. The fraction of sp³-hybridized carbons (Fsp3) is 0.167. The third-order valence-electron chi connectivity index (χ3n) is 2.10. The molecule has 2 nitrogen and oxygen atoms in total. The Morgan fingerprint density at radius 3 is 2.20 bits per heavy atom. The summed E-state index contributed by atoms with van der Waals surface area (Å²) in [6, 6.07) is 9.95. The average molecular weight is 263 g/mol. The van der Waals surface area contributed by atoms with Gasteiger partial charge in [0.25, 0.3) is 0 Å². The molecule has 0 N–H and O–H groups in total. The van der Waals surface area contributed by atoms with Gasteiger partial charge in [0.15, 0.2) is 5.82 Å². The highest BCUT2D eigenvalue weighted by molar-refractivity contribution is 9.10. The van der Waals surface area contributed by atoms with Crippen LogP contribution in [0.3, 0.4) is 0 Å². The number of aromatic nitrogens is 2. The molecule has 15 heavy (non-hydrogen) atoms. The zero-order valence-electron chi connectivity index (χ0n) is 8.66. The largest absolute Gasteiger partial charge is 0.233 e.